The molecule has 0 unspecified atom stereocenters. The number of anilines is 2. The minimum absolute atomic E-state index is 0.106. The number of carbonyl (C=O) groups excluding carboxylic acids is 2. The molecule has 0 aliphatic carbocycles. The Bertz CT molecular complexity index is 620. The van der Waals surface area contributed by atoms with Gasteiger partial charge in [0.1, 0.15) is 0 Å². The summed E-state index contributed by atoms with van der Waals surface area (Å²) in [5.74, 6) is 0.0605. The van der Waals surface area contributed by atoms with E-state index in [1.54, 1.807) is 11.0 Å². The van der Waals surface area contributed by atoms with Gasteiger partial charge in [0.15, 0.2) is 0 Å². The van der Waals surface area contributed by atoms with E-state index in [9.17, 15) is 9.59 Å². The molecule has 3 rings (SSSR count). The van der Waals surface area contributed by atoms with Crippen molar-refractivity contribution in [3.05, 3.63) is 46.7 Å². The lowest BCUT2D eigenvalue weighted by molar-refractivity contribution is -0.117. The van der Waals surface area contributed by atoms with E-state index in [1.807, 2.05) is 35.7 Å². The number of benzene rings is 1. The van der Waals surface area contributed by atoms with Crippen LogP contribution in [0.1, 0.15) is 22.5 Å². The normalized spacial score (nSPS) is 14.6. The lowest BCUT2D eigenvalue weighted by Gasteiger charge is -2.16. The SMILES string of the molecule is O=C(Nc1ccc(N2CCCC2=O)cc1)c1cccs1. The zero-order valence-electron chi connectivity index (χ0n) is 10.8. The van der Waals surface area contributed by atoms with Crippen LogP contribution in [0.3, 0.4) is 0 Å². The molecule has 2 amide bonds. The summed E-state index contributed by atoms with van der Waals surface area (Å²) >= 11 is 1.41. The number of carbonyl (C=O) groups is 2. The van der Waals surface area contributed by atoms with E-state index in [2.05, 4.69) is 5.32 Å². The van der Waals surface area contributed by atoms with Crippen LogP contribution >= 0.6 is 11.3 Å². The fraction of sp³-hybridized carbons (Fsp3) is 0.200. The zero-order chi connectivity index (χ0) is 13.9. The van der Waals surface area contributed by atoms with Crippen LogP contribution in [0.4, 0.5) is 11.4 Å². The van der Waals surface area contributed by atoms with Crippen LogP contribution in [0.2, 0.25) is 0 Å². The van der Waals surface area contributed by atoms with Gasteiger partial charge in [-0.3, -0.25) is 9.59 Å². The van der Waals surface area contributed by atoms with Crippen LogP contribution in [0, 0.1) is 0 Å². The highest BCUT2D eigenvalue weighted by molar-refractivity contribution is 7.12. The number of amides is 2. The molecular formula is C15H14N2O2S. The van der Waals surface area contributed by atoms with Crippen LogP contribution in [-0.2, 0) is 4.79 Å². The first-order valence-corrected chi connectivity index (χ1v) is 7.37. The van der Waals surface area contributed by atoms with Crippen molar-refractivity contribution >= 4 is 34.5 Å². The van der Waals surface area contributed by atoms with Crippen LogP contribution in [-0.4, -0.2) is 18.4 Å². The van der Waals surface area contributed by atoms with Crippen molar-refractivity contribution in [1.29, 1.82) is 0 Å². The number of hydrogen-bond acceptors (Lipinski definition) is 3. The minimum atomic E-state index is -0.106. The van der Waals surface area contributed by atoms with Gasteiger partial charge < -0.3 is 10.2 Å². The fourth-order valence-corrected chi connectivity index (χ4v) is 2.87. The number of hydrogen-bond donors (Lipinski definition) is 1. The zero-order valence-corrected chi connectivity index (χ0v) is 11.7. The summed E-state index contributed by atoms with van der Waals surface area (Å²) in [4.78, 5) is 26.0. The highest BCUT2D eigenvalue weighted by Gasteiger charge is 2.21. The summed E-state index contributed by atoms with van der Waals surface area (Å²) in [7, 11) is 0. The van der Waals surface area contributed by atoms with Gasteiger partial charge >= 0.3 is 0 Å². The maximum Gasteiger partial charge on any atom is 0.265 e. The largest absolute Gasteiger partial charge is 0.321 e. The summed E-state index contributed by atoms with van der Waals surface area (Å²) < 4.78 is 0. The monoisotopic (exact) mass is 286 g/mol. The van der Waals surface area contributed by atoms with E-state index >= 15 is 0 Å². The van der Waals surface area contributed by atoms with Gasteiger partial charge in [0.2, 0.25) is 5.91 Å². The molecule has 1 saturated heterocycles. The van der Waals surface area contributed by atoms with Gasteiger partial charge in [0, 0.05) is 24.3 Å². The number of rotatable bonds is 3. The minimum Gasteiger partial charge on any atom is -0.321 e. The molecule has 102 valence electrons. The molecule has 1 aliphatic rings. The predicted octanol–water partition coefficient (Wildman–Crippen LogP) is 3.13. The third-order valence-corrected chi connectivity index (χ3v) is 4.12. The Morgan fingerprint density at radius 1 is 1.20 bits per heavy atom. The highest BCUT2D eigenvalue weighted by atomic mass is 32.1. The Morgan fingerprint density at radius 3 is 2.60 bits per heavy atom. The predicted molar refractivity (Wildman–Crippen MR) is 80.3 cm³/mol. The Labute approximate surface area is 121 Å². The van der Waals surface area contributed by atoms with Gasteiger partial charge in [-0.1, -0.05) is 6.07 Å². The van der Waals surface area contributed by atoms with E-state index in [-0.39, 0.29) is 11.8 Å². The van der Waals surface area contributed by atoms with Crippen molar-refractivity contribution in [2.75, 3.05) is 16.8 Å². The summed E-state index contributed by atoms with van der Waals surface area (Å²) in [5.41, 5.74) is 1.63. The topological polar surface area (TPSA) is 49.4 Å². The molecule has 1 aliphatic heterocycles. The first kappa shape index (κ1) is 12.9. The molecule has 2 heterocycles. The molecule has 0 radical (unpaired) electrons. The van der Waals surface area contributed by atoms with E-state index in [1.165, 1.54) is 11.3 Å². The molecule has 0 spiro atoms. The second kappa shape index (κ2) is 5.46. The molecule has 1 N–H and O–H groups in total. The Balaban J connectivity index is 1.70. The van der Waals surface area contributed by atoms with Crippen molar-refractivity contribution in [2.24, 2.45) is 0 Å². The Hall–Kier alpha value is -2.14. The average Bonchev–Trinajstić information content (AvgIpc) is 3.11. The fourth-order valence-electron chi connectivity index (χ4n) is 2.25. The van der Waals surface area contributed by atoms with Crippen molar-refractivity contribution in [2.45, 2.75) is 12.8 Å². The third-order valence-electron chi connectivity index (χ3n) is 3.26. The highest BCUT2D eigenvalue weighted by Crippen LogP contribution is 2.23. The molecule has 0 bridgehead atoms. The summed E-state index contributed by atoms with van der Waals surface area (Å²) in [6.07, 6.45) is 1.53. The van der Waals surface area contributed by atoms with Crippen molar-refractivity contribution in [1.82, 2.24) is 0 Å². The lowest BCUT2D eigenvalue weighted by Crippen LogP contribution is -2.23. The maximum absolute atomic E-state index is 11.9. The van der Waals surface area contributed by atoms with Crippen molar-refractivity contribution in [3.8, 4) is 0 Å². The molecule has 0 atom stereocenters. The van der Waals surface area contributed by atoms with Gasteiger partial charge in [0.25, 0.3) is 5.91 Å². The summed E-state index contributed by atoms with van der Waals surface area (Å²) in [6.45, 7) is 0.778. The van der Waals surface area contributed by atoms with Crippen LogP contribution < -0.4 is 10.2 Å². The maximum atomic E-state index is 11.9. The molecule has 4 nitrogen and oxygen atoms in total. The molecule has 1 aromatic heterocycles. The smallest absolute Gasteiger partial charge is 0.265 e. The number of nitrogens with one attached hydrogen (secondary N) is 1. The van der Waals surface area contributed by atoms with Gasteiger partial charge in [-0.05, 0) is 42.1 Å². The third kappa shape index (κ3) is 2.58. The summed E-state index contributed by atoms with van der Waals surface area (Å²) in [5, 5.41) is 4.71. The molecule has 0 saturated carbocycles. The van der Waals surface area contributed by atoms with Gasteiger partial charge in [-0.25, -0.2) is 0 Å². The van der Waals surface area contributed by atoms with Crippen LogP contribution in [0.5, 0.6) is 0 Å². The quantitative estimate of drug-likeness (QED) is 0.942. The molecule has 20 heavy (non-hydrogen) atoms. The Kier molecular flexibility index (Phi) is 3.52. The first-order valence-electron chi connectivity index (χ1n) is 6.49. The second-order valence-electron chi connectivity index (χ2n) is 4.63. The molecule has 1 aromatic carbocycles. The molecular weight excluding hydrogens is 272 g/mol. The average molecular weight is 286 g/mol. The van der Waals surface area contributed by atoms with Gasteiger partial charge in [-0.2, -0.15) is 0 Å². The second-order valence-corrected chi connectivity index (χ2v) is 5.57. The van der Waals surface area contributed by atoms with Gasteiger partial charge in [0.05, 0.1) is 4.88 Å². The van der Waals surface area contributed by atoms with Crippen molar-refractivity contribution < 1.29 is 9.59 Å². The Morgan fingerprint density at radius 2 is 2.00 bits per heavy atom. The summed E-state index contributed by atoms with van der Waals surface area (Å²) in [6, 6.07) is 11.0. The van der Waals surface area contributed by atoms with Crippen molar-refractivity contribution in [3.63, 3.8) is 0 Å². The molecule has 2 aromatic rings. The van der Waals surface area contributed by atoms with Gasteiger partial charge in [-0.15, -0.1) is 11.3 Å². The van der Waals surface area contributed by atoms with Crippen LogP contribution in [0.15, 0.2) is 41.8 Å². The number of nitrogens with zero attached hydrogens (tertiary/aromatic N) is 1. The van der Waals surface area contributed by atoms with Crippen LogP contribution in [0.25, 0.3) is 0 Å². The van der Waals surface area contributed by atoms with E-state index < -0.39 is 0 Å². The standard InChI is InChI=1S/C15H14N2O2S/c18-14-4-1-9-17(14)12-7-5-11(6-8-12)16-15(19)13-3-2-10-20-13/h2-3,5-8,10H,1,4,9H2,(H,16,19). The van der Waals surface area contributed by atoms with E-state index in [0.717, 1.165) is 24.3 Å². The van der Waals surface area contributed by atoms with E-state index in [4.69, 9.17) is 0 Å². The molecule has 1 fully saturated rings. The van der Waals surface area contributed by atoms with E-state index in [0.29, 0.717) is 11.3 Å². The first-order chi connectivity index (χ1) is 9.74. The molecule has 5 heteroatoms. The number of thiophene rings is 1. The lowest BCUT2D eigenvalue weighted by atomic mass is 10.2.